The van der Waals surface area contributed by atoms with E-state index in [4.69, 9.17) is 15.2 Å². The molecule has 94 valence electrons. The Labute approximate surface area is 101 Å². The zero-order valence-electron chi connectivity index (χ0n) is 10.2. The van der Waals surface area contributed by atoms with Gasteiger partial charge in [-0.15, -0.1) is 0 Å². The van der Waals surface area contributed by atoms with Gasteiger partial charge in [-0.25, -0.2) is 4.79 Å². The quantitative estimate of drug-likeness (QED) is 0.600. The highest BCUT2D eigenvalue weighted by molar-refractivity contribution is 5.94. The first kappa shape index (κ1) is 13.4. The lowest BCUT2D eigenvalue weighted by Gasteiger charge is -2.08. The van der Waals surface area contributed by atoms with Crippen molar-refractivity contribution < 1.29 is 14.3 Å². The third kappa shape index (κ3) is 4.82. The van der Waals surface area contributed by atoms with Gasteiger partial charge in [0.1, 0.15) is 6.61 Å². The predicted octanol–water partition coefficient (Wildman–Crippen LogP) is 1.49. The van der Waals surface area contributed by atoms with Crippen molar-refractivity contribution in [2.24, 2.45) is 5.92 Å². The molecule has 0 radical (unpaired) electrons. The summed E-state index contributed by atoms with van der Waals surface area (Å²) in [6, 6.07) is 1.53. The molecule has 0 saturated carbocycles. The number of hydrogen-bond acceptors (Lipinski definition) is 5. The van der Waals surface area contributed by atoms with Gasteiger partial charge in [-0.2, -0.15) is 0 Å². The number of nitrogen functional groups attached to an aromatic ring is 1. The minimum Gasteiger partial charge on any atom is -0.460 e. The molecular formula is C12H18N2O3. The Hall–Kier alpha value is -1.62. The average Bonchev–Trinajstić information content (AvgIpc) is 2.28. The largest absolute Gasteiger partial charge is 0.460 e. The summed E-state index contributed by atoms with van der Waals surface area (Å²) in [5.74, 6) is 0.0274. The molecular weight excluding hydrogens is 220 g/mol. The first-order valence-corrected chi connectivity index (χ1v) is 5.55. The molecule has 0 aliphatic carbocycles. The van der Waals surface area contributed by atoms with Gasteiger partial charge >= 0.3 is 5.97 Å². The fraction of sp³-hybridized carbons (Fsp3) is 0.500. The summed E-state index contributed by atoms with van der Waals surface area (Å²) in [6.45, 7) is 5.41. The predicted molar refractivity (Wildman–Crippen MR) is 64.6 cm³/mol. The highest BCUT2D eigenvalue weighted by atomic mass is 16.6. The molecule has 0 bridgehead atoms. The molecule has 1 aromatic heterocycles. The zero-order chi connectivity index (χ0) is 12.7. The third-order valence-electron chi connectivity index (χ3n) is 1.98. The Bertz CT molecular complexity index is 367. The Morgan fingerprint density at radius 2 is 2.24 bits per heavy atom. The number of hydrogen-bond donors (Lipinski definition) is 1. The molecule has 1 rings (SSSR count). The summed E-state index contributed by atoms with van der Waals surface area (Å²) in [5.41, 5.74) is 6.25. The number of nitrogens with two attached hydrogens (primary N) is 1. The van der Waals surface area contributed by atoms with Crippen molar-refractivity contribution in [1.29, 1.82) is 0 Å². The van der Waals surface area contributed by atoms with Gasteiger partial charge in [-0.3, -0.25) is 4.98 Å². The van der Waals surface area contributed by atoms with Crippen LogP contribution in [0, 0.1) is 5.92 Å². The van der Waals surface area contributed by atoms with Gasteiger partial charge in [0.05, 0.1) is 24.1 Å². The number of nitrogens with zero attached hydrogens (tertiary/aromatic N) is 1. The fourth-order valence-corrected chi connectivity index (χ4v) is 1.18. The summed E-state index contributed by atoms with van der Waals surface area (Å²) >= 11 is 0. The Kier molecular flexibility index (Phi) is 5.42. The first-order chi connectivity index (χ1) is 8.11. The van der Waals surface area contributed by atoms with Crippen molar-refractivity contribution in [3.8, 4) is 0 Å². The van der Waals surface area contributed by atoms with Crippen LogP contribution in [-0.2, 0) is 9.47 Å². The molecule has 0 spiro atoms. The fourth-order valence-electron chi connectivity index (χ4n) is 1.18. The van der Waals surface area contributed by atoms with Crippen molar-refractivity contribution >= 4 is 11.7 Å². The van der Waals surface area contributed by atoms with Crippen LogP contribution in [0.1, 0.15) is 24.2 Å². The highest BCUT2D eigenvalue weighted by Gasteiger charge is 2.10. The van der Waals surface area contributed by atoms with Crippen LogP contribution >= 0.6 is 0 Å². The molecule has 0 aliphatic heterocycles. The number of carbonyl (C=O) groups excluding carboxylic acids is 1. The Balaban J connectivity index is 2.29. The van der Waals surface area contributed by atoms with Gasteiger partial charge in [0.15, 0.2) is 0 Å². The molecule has 0 unspecified atom stereocenters. The molecule has 0 saturated heterocycles. The van der Waals surface area contributed by atoms with E-state index in [9.17, 15) is 4.79 Å². The van der Waals surface area contributed by atoms with Crippen molar-refractivity contribution in [1.82, 2.24) is 4.98 Å². The van der Waals surface area contributed by atoms with E-state index in [0.29, 0.717) is 30.4 Å². The van der Waals surface area contributed by atoms with Crippen LogP contribution in [-0.4, -0.2) is 30.8 Å². The molecule has 1 aromatic rings. The number of carbonyl (C=O) groups is 1. The van der Waals surface area contributed by atoms with Gasteiger partial charge in [0.2, 0.25) is 0 Å². The molecule has 1 heterocycles. The summed E-state index contributed by atoms with van der Waals surface area (Å²) in [7, 11) is 0. The van der Waals surface area contributed by atoms with E-state index in [1.807, 2.05) is 0 Å². The van der Waals surface area contributed by atoms with Gasteiger partial charge < -0.3 is 15.2 Å². The molecule has 0 atom stereocenters. The number of rotatable bonds is 6. The van der Waals surface area contributed by atoms with E-state index >= 15 is 0 Å². The molecule has 0 aromatic carbocycles. The average molecular weight is 238 g/mol. The van der Waals surface area contributed by atoms with E-state index in [1.54, 1.807) is 0 Å². The monoisotopic (exact) mass is 238 g/mol. The molecule has 5 heteroatoms. The van der Waals surface area contributed by atoms with E-state index in [0.717, 1.165) is 0 Å². The van der Waals surface area contributed by atoms with Gasteiger partial charge in [-0.1, -0.05) is 13.8 Å². The lowest BCUT2D eigenvalue weighted by atomic mass is 10.2. The summed E-state index contributed by atoms with van der Waals surface area (Å²) in [5, 5.41) is 0. The maximum atomic E-state index is 11.6. The number of aromatic nitrogens is 1. The molecule has 17 heavy (non-hydrogen) atoms. The first-order valence-electron chi connectivity index (χ1n) is 5.55. The van der Waals surface area contributed by atoms with E-state index in [1.165, 1.54) is 18.5 Å². The minimum absolute atomic E-state index is 0.229. The standard InChI is InChI=1S/C12H18N2O3/c1-9(2)8-16-5-6-17-12(15)10-3-4-14-7-11(10)13/h3-4,7,9H,5-6,8,13H2,1-2H3. The molecule has 0 amide bonds. The van der Waals surface area contributed by atoms with Crippen LogP contribution in [0.15, 0.2) is 18.5 Å². The van der Waals surface area contributed by atoms with E-state index in [-0.39, 0.29) is 6.61 Å². The number of pyridine rings is 1. The third-order valence-corrected chi connectivity index (χ3v) is 1.98. The van der Waals surface area contributed by atoms with Crippen LogP contribution in [0.4, 0.5) is 5.69 Å². The SMILES string of the molecule is CC(C)COCCOC(=O)c1ccncc1N. The summed E-state index contributed by atoms with van der Waals surface area (Å²) < 4.78 is 10.3. The van der Waals surface area contributed by atoms with Crippen molar-refractivity contribution in [3.05, 3.63) is 24.0 Å². The number of anilines is 1. The lowest BCUT2D eigenvalue weighted by Crippen LogP contribution is -2.14. The second-order valence-corrected chi connectivity index (χ2v) is 4.07. The molecule has 0 fully saturated rings. The van der Waals surface area contributed by atoms with Gasteiger partial charge in [-0.05, 0) is 12.0 Å². The Morgan fingerprint density at radius 3 is 2.88 bits per heavy atom. The second-order valence-electron chi connectivity index (χ2n) is 4.07. The maximum absolute atomic E-state index is 11.6. The summed E-state index contributed by atoms with van der Waals surface area (Å²) in [4.78, 5) is 15.4. The van der Waals surface area contributed by atoms with Gasteiger partial charge in [0, 0.05) is 12.8 Å². The maximum Gasteiger partial charge on any atom is 0.340 e. The van der Waals surface area contributed by atoms with Crippen molar-refractivity contribution in [3.63, 3.8) is 0 Å². The second kappa shape index (κ2) is 6.85. The minimum atomic E-state index is -0.446. The van der Waals surface area contributed by atoms with Gasteiger partial charge in [0.25, 0.3) is 0 Å². The highest BCUT2D eigenvalue weighted by Crippen LogP contribution is 2.09. The van der Waals surface area contributed by atoms with Crippen LogP contribution in [0.25, 0.3) is 0 Å². The van der Waals surface area contributed by atoms with Crippen LogP contribution in [0.2, 0.25) is 0 Å². The topological polar surface area (TPSA) is 74.4 Å². The van der Waals surface area contributed by atoms with Crippen LogP contribution in [0.3, 0.4) is 0 Å². The lowest BCUT2D eigenvalue weighted by molar-refractivity contribution is 0.0278. The van der Waals surface area contributed by atoms with Crippen molar-refractivity contribution in [2.45, 2.75) is 13.8 Å². The van der Waals surface area contributed by atoms with E-state index < -0.39 is 5.97 Å². The van der Waals surface area contributed by atoms with Crippen LogP contribution < -0.4 is 5.73 Å². The number of esters is 1. The molecule has 2 N–H and O–H groups in total. The molecule has 5 nitrogen and oxygen atoms in total. The summed E-state index contributed by atoms with van der Waals surface area (Å²) in [6.07, 6.45) is 2.92. The van der Waals surface area contributed by atoms with Crippen LogP contribution in [0.5, 0.6) is 0 Å². The normalized spacial score (nSPS) is 10.5. The van der Waals surface area contributed by atoms with E-state index in [2.05, 4.69) is 18.8 Å². The van der Waals surface area contributed by atoms with Crippen molar-refractivity contribution in [2.75, 3.05) is 25.6 Å². The molecule has 0 aliphatic rings. The zero-order valence-corrected chi connectivity index (χ0v) is 10.2. The Morgan fingerprint density at radius 1 is 1.47 bits per heavy atom. The smallest absolute Gasteiger partial charge is 0.340 e. The number of ether oxygens (including phenoxy) is 2.